The zero-order valence-corrected chi connectivity index (χ0v) is 22.2. The van der Waals surface area contributed by atoms with Crippen molar-refractivity contribution in [3.05, 3.63) is 64.5 Å². The van der Waals surface area contributed by atoms with Crippen LogP contribution >= 0.6 is 11.3 Å². The number of methoxy groups -OCH3 is 1. The standard InChI is InChI=1S/C28H27F2N3O4S/c1-28(2,3)37-27(35)32-19-9-10-33(15-19)26(34)24-13-20(16-5-6-18(14-31)21(29)11-16)25(38-24)17-7-8-23(36-4)22(30)12-17/h5-8,11-13,19H,9-10,15H2,1-4H3,(H,32,35)/t19-/m1/s1. The van der Waals surface area contributed by atoms with Crippen molar-refractivity contribution in [3.8, 4) is 33.4 Å². The first kappa shape index (κ1) is 27.1. The Morgan fingerprint density at radius 2 is 1.82 bits per heavy atom. The fourth-order valence-corrected chi connectivity index (χ4v) is 5.34. The molecule has 1 N–H and O–H groups in total. The lowest BCUT2D eigenvalue weighted by atomic mass is 10.0. The van der Waals surface area contributed by atoms with E-state index in [2.05, 4.69) is 5.32 Å². The number of carbonyl (C=O) groups is 2. The molecule has 7 nitrogen and oxygen atoms in total. The normalized spacial score (nSPS) is 15.2. The zero-order valence-electron chi connectivity index (χ0n) is 21.4. The maximum absolute atomic E-state index is 14.6. The summed E-state index contributed by atoms with van der Waals surface area (Å²) in [6, 6.07) is 11.9. The van der Waals surface area contributed by atoms with Crippen LogP contribution in [0.25, 0.3) is 21.6 Å². The second-order valence-corrected chi connectivity index (χ2v) is 10.9. The Morgan fingerprint density at radius 3 is 2.45 bits per heavy atom. The predicted octanol–water partition coefficient (Wildman–Crippen LogP) is 5.98. The average molecular weight is 540 g/mol. The van der Waals surface area contributed by atoms with Crippen molar-refractivity contribution in [2.45, 2.75) is 38.8 Å². The SMILES string of the molecule is COc1ccc(-c2sc(C(=O)N3CC[C@@H](NC(=O)OC(C)(C)C)C3)cc2-c2ccc(C#N)c(F)c2)cc1F. The lowest BCUT2D eigenvalue weighted by molar-refractivity contribution is 0.0502. The summed E-state index contributed by atoms with van der Waals surface area (Å²) < 4.78 is 39.4. The van der Waals surface area contributed by atoms with Gasteiger partial charge < -0.3 is 19.7 Å². The highest BCUT2D eigenvalue weighted by Crippen LogP contribution is 2.41. The summed E-state index contributed by atoms with van der Waals surface area (Å²) in [4.78, 5) is 28.2. The number of nitrogens with one attached hydrogen (secondary N) is 1. The van der Waals surface area contributed by atoms with Crippen LogP contribution in [0.4, 0.5) is 13.6 Å². The molecule has 3 aromatic rings. The third-order valence-electron chi connectivity index (χ3n) is 5.95. The molecule has 198 valence electrons. The summed E-state index contributed by atoms with van der Waals surface area (Å²) in [6.07, 6.45) is 0.0301. The molecule has 4 rings (SSSR count). The highest BCUT2D eigenvalue weighted by atomic mass is 32.1. The van der Waals surface area contributed by atoms with Crippen molar-refractivity contribution in [2.75, 3.05) is 20.2 Å². The minimum Gasteiger partial charge on any atom is -0.494 e. The molecule has 0 unspecified atom stereocenters. The van der Waals surface area contributed by atoms with Gasteiger partial charge >= 0.3 is 6.09 Å². The molecule has 1 aromatic heterocycles. The van der Waals surface area contributed by atoms with Gasteiger partial charge in [0.25, 0.3) is 5.91 Å². The van der Waals surface area contributed by atoms with Crippen LogP contribution in [0.1, 0.15) is 42.4 Å². The molecule has 0 spiro atoms. The number of carbonyl (C=O) groups excluding carboxylic acids is 2. The van der Waals surface area contributed by atoms with Crippen LogP contribution in [-0.2, 0) is 4.74 Å². The highest BCUT2D eigenvalue weighted by Gasteiger charge is 2.31. The van der Waals surface area contributed by atoms with Crippen molar-refractivity contribution in [2.24, 2.45) is 0 Å². The number of amides is 2. The Labute approximate surface area is 223 Å². The molecule has 2 aromatic carbocycles. The zero-order chi connectivity index (χ0) is 27.6. The maximum Gasteiger partial charge on any atom is 0.407 e. The smallest absolute Gasteiger partial charge is 0.407 e. The van der Waals surface area contributed by atoms with Crippen molar-refractivity contribution in [1.29, 1.82) is 5.26 Å². The van der Waals surface area contributed by atoms with Crippen LogP contribution in [0, 0.1) is 23.0 Å². The molecule has 0 bridgehead atoms. The van der Waals surface area contributed by atoms with Crippen LogP contribution < -0.4 is 10.1 Å². The van der Waals surface area contributed by atoms with E-state index in [0.717, 1.165) is 0 Å². The molecule has 1 fully saturated rings. The largest absolute Gasteiger partial charge is 0.494 e. The first-order valence-electron chi connectivity index (χ1n) is 12.0. The third-order valence-corrected chi connectivity index (χ3v) is 7.13. The summed E-state index contributed by atoms with van der Waals surface area (Å²) >= 11 is 1.17. The van der Waals surface area contributed by atoms with E-state index in [1.165, 1.54) is 42.7 Å². The second kappa shape index (κ2) is 10.8. The molecule has 0 aliphatic carbocycles. The van der Waals surface area contributed by atoms with Gasteiger partial charge in [-0.05, 0) is 74.7 Å². The van der Waals surface area contributed by atoms with Crippen molar-refractivity contribution in [3.63, 3.8) is 0 Å². The van der Waals surface area contributed by atoms with Gasteiger partial charge in [-0.2, -0.15) is 5.26 Å². The van der Waals surface area contributed by atoms with Crippen LogP contribution in [0.2, 0.25) is 0 Å². The second-order valence-electron chi connectivity index (χ2n) is 9.89. The number of hydrogen-bond acceptors (Lipinski definition) is 6. The van der Waals surface area contributed by atoms with E-state index in [4.69, 9.17) is 14.7 Å². The third kappa shape index (κ3) is 5.94. The number of halogens is 2. The van der Waals surface area contributed by atoms with Crippen LogP contribution in [0.15, 0.2) is 42.5 Å². The molecule has 38 heavy (non-hydrogen) atoms. The van der Waals surface area contributed by atoms with Gasteiger partial charge in [-0.15, -0.1) is 11.3 Å². The van der Waals surface area contributed by atoms with Gasteiger partial charge in [-0.1, -0.05) is 6.07 Å². The number of hydrogen-bond donors (Lipinski definition) is 1. The lowest BCUT2D eigenvalue weighted by Crippen LogP contribution is -2.41. The van der Waals surface area contributed by atoms with Crippen LogP contribution in [-0.4, -0.2) is 48.7 Å². The van der Waals surface area contributed by atoms with Gasteiger partial charge in [-0.25, -0.2) is 13.6 Å². The lowest BCUT2D eigenvalue weighted by Gasteiger charge is -2.22. The van der Waals surface area contributed by atoms with E-state index < -0.39 is 23.3 Å². The Balaban J connectivity index is 1.64. The quantitative estimate of drug-likeness (QED) is 0.431. The Hall–Kier alpha value is -3.97. The number of nitrogens with zero attached hydrogens (tertiary/aromatic N) is 2. The minimum absolute atomic E-state index is 0.0770. The fraction of sp³-hybridized carbons (Fsp3) is 0.321. The number of thiophene rings is 1. The van der Waals surface area contributed by atoms with Crippen LogP contribution in [0.5, 0.6) is 5.75 Å². The van der Waals surface area contributed by atoms with Crippen molar-refractivity contribution < 1.29 is 27.8 Å². The van der Waals surface area contributed by atoms with Crippen molar-refractivity contribution in [1.82, 2.24) is 10.2 Å². The maximum atomic E-state index is 14.6. The van der Waals surface area contributed by atoms with Gasteiger partial charge in [0, 0.05) is 23.5 Å². The summed E-state index contributed by atoms with van der Waals surface area (Å²) in [5.74, 6) is -1.43. The van der Waals surface area contributed by atoms with E-state index in [1.807, 2.05) is 0 Å². The molecule has 1 aliphatic rings. The molecular formula is C28H27F2N3O4S. The molecule has 0 saturated carbocycles. The topological polar surface area (TPSA) is 91.7 Å². The molecule has 10 heteroatoms. The van der Waals surface area contributed by atoms with Gasteiger partial charge in [0.1, 0.15) is 17.5 Å². The van der Waals surface area contributed by atoms with E-state index in [-0.39, 0.29) is 23.3 Å². The summed E-state index contributed by atoms with van der Waals surface area (Å²) in [6.45, 7) is 6.07. The van der Waals surface area contributed by atoms with Crippen molar-refractivity contribution >= 4 is 23.3 Å². The van der Waals surface area contributed by atoms with Gasteiger partial charge in [0.05, 0.1) is 23.6 Å². The van der Waals surface area contributed by atoms with E-state index in [9.17, 15) is 18.4 Å². The Bertz CT molecular complexity index is 1420. The number of likely N-dealkylation sites (tertiary alicyclic amines) is 1. The highest BCUT2D eigenvalue weighted by molar-refractivity contribution is 7.18. The first-order chi connectivity index (χ1) is 18.0. The van der Waals surface area contributed by atoms with E-state index in [1.54, 1.807) is 49.9 Å². The number of alkyl carbamates (subject to hydrolysis) is 1. The number of nitriles is 1. The summed E-state index contributed by atoms with van der Waals surface area (Å²) in [5, 5.41) is 11.9. The number of benzene rings is 2. The monoisotopic (exact) mass is 539 g/mol. The molecule has 1 saturated heterocycles. The molecular weight excluding hydrogens is 512 g/mol. The summed E-state index contributed by atoms with van der Waals surface area (Å²) in [5.41, 5.74) is 0.757. The van der Waals surface area contributed by atoms with Gasteiger partial charge in [-0.3, -0.25) is 4.79 Å². The molecule has 1 atom stereocenters. The number of rotatable bonds is 5. The van der Waals surface area contributed by atoms with E-state index in [0.29, 0.717) is 46.0 Å². The van der Waals surface area contributed by atoms with E-state index >= 15 is 0 Å². The van der Waals surface area contributed by atoms with Crippen LogP contribution in [0.3, 0.4) is 0 Å². The Kier molecular flexibility index (Phi) is 7.69. The fourth-order valence-electron chi connectivity index (χ4n) is 4.20. The molecule has 0 radical (unpaired) electrons. The average Bonchev–Trinajstić information content (AvgIpc) is 3.50. The Morgan fingerprint density at radius 1 is 1.11 bits per heavy atom. The predicted molar refractivity (Wildman–Crippen MR) is 140 cm³/mol. The number of ether oxygens (including phenoxy) is 2. The first-order valence-corrected chi connectivity index (χ1v) is 12.8. The molecule has 1 aliphatic heterocycles. The molecule has 2 heterocycles. The van der Waals surface area contributed by atoms with Gasteiger partial charge in [0.2, 0.25) is 0 Å². The van der Waals surface area contributed by atoms with Gasteiger partial charge in [0.15, 0.2) is 11.6 Å². The minimum atomic E-state index is -0.688. The summed E-state index contributed by atoms with van der Waals surface area (Å²) in [7, 11) is 1.37. The molecule has 2 amide bonds.